The molecule has 7 heteroatoms. The SMILES string of the molecule is CCOOCc1ccc(C)c(-c2ccc(NC(=O)c3c(F)cccc3F)nc2)c1. The van der Waals surface area contributed by atoms with Crippen LogP contribution in [0.15, 0.2) is 54.7 Å². The Morgan fingerprint density at radius 1 is 1.07 bits per heavy atom. The van der Waals surface area contributed by atoms with Crippen LogP contribution in [0.4, 0.5) is 14.6 Å². The van der Waals surface area contributed by atoms with E-state index in [0.29, 0.717) is 13.2 Å². The topological polar surface area (TPSA) is 60.5 Å². The molecule has 5 nitrogen and oxygen atoms in total. The number of carbonyl (C=O) groups is 1. The third-order valence-electron chi connectivity index (χ3n) is 4.23. The third kappa shape index (κ3) is 5.01. The summed E-state index contributed by atoms with van der Waals surface area (Å²) in [7, 11) is 0. The van der Waals surface area contributed by atoms with Crippen LogP contribution in [0.3, 0.4) is 0 Å². The summed E-state index contributed by atoms with van der Waals surface area (Å²) in [5.41, 5.74) is 3.11. The fourth-order valence-corrected chi connectivity index (χ4v) is 2.78. The standard InChI is InChI=1S/C22H20F2N2O3/c1-3-28-29-13-15-8-7-14(2)17(11-15)16-9-10-20(25-12-16)26-22(27)21-18(23)5-4-6-19(21)24/h4-12H,3,13H2,1-2H3,(H,25,26,27). The fraction of sp³-hybridized carbons (Fsp3) is 0.182. The molecule has 0 atom stereocenters. The lowest BCUT2D eigenvalue weighted by atomic mass is 9.99. The number of hydrogen-bond acceptors (Lipinski definition) is 4. The summed E-state index contributed by atoms with van der Waals surface area (Å²) < 4.78 is 27.5. The molecule has 3 aromatic rings. The molecular weight excluding hydrogens is 378 g/mol. The predicted octanol–water partition coefficient (Wildman–Crippen LogP) is 5.06. The summed E-state index contributed by atoms with van der Waals surface area (Å²) in [6.07, 6.45) is 1.59. The fourth-order valence-electron chi connectivity index (χ4n) is 2.78. The number of carbonyl (C=O) groups excluding carboxylic acids is 1. The van der Waals surface area contributed by atoms with Crippen molar-refractivity contribution in [1.82, 2.24) is 4.98 Å². The quantitative estimate of drug-likeness (QED) is 0.344. The van der Waals surface area contributed by atoms with Crippen molar-refractivity contribution < 1.29 is 23.4 Å². The lowest BCUT2D eigenvalue weighted by molar-refractivity contribution is -0.300. The largest absolute Gasteiger partial charge is 0.306 e. The average molecular weight is 398 g/mol. The third-order valence-corrected chi connectivity index (χ3v) is 4.23. The lowest BCUT2D eigenvalue weighted by Gasteiger charge is -2.10. The van der Waals surface area contributed by atoms with Crippen molar-refractivity contribution in [1.29, 1.82) is 0 Å². The van der Waals surface area contributed by atoms with E-state index in [1.165, 1.54) is 6.07 Å². The number of rotatable bonds is 7. The molecule has 0 aliphatic carbocycles. The zero-order chi connectivity index (χ0) is 20.8. The van der Waals surface area contributed by atoms with Crippen LogP contribution in [0.5, 0.6) is 0 Å². The van der Waals surface area contributed by atoms with Gasteiger partial charge < -0.3 is 5.32 Å². The molecule has 3 rings (SSSR count). The van der Waals surface area contributed by atoms with Crippen LogP contribution < -0.4 is 5.32 Å². The van der Waals surface area contributed by atoms with Crippen LogP contribution in [-0.4, -0.2) is 17.5 Å². The van der Waals surface area contributed by atoms with Crippen LogP contribution in [0.1, 0.15) is 28.4 Å². The molecule has 1 N–H and O–H groups in total. The number of aromatic nitrogens is 1. The van der Waals surface area contributed by atoms with Gasteiger partial charge in [-0.25, -0.2) is 23.5 Å². The molecule has 0 spiro atoms. The van der Waals surface area contributed by atoms with Gasteiger partial charge in [0.15, 0.2) is 0 Å². The first-order valence-corrected chi connectivity index (χ1v) is 9.05. The van der Waals surface area contributed by atoms with Crippen molar-refractivity contribution in [2.24, 2.45) is 0 Å². The van der Waals surface area contributed by atoms with E-state index in [0.717, 1.165) is 34.4 Å². The average Bonchev–Trinajstić information content (AvgIpc) is 2.70. The van der Waals surface area contributed by atoms with Gasteiger partial charge in [0, 0.05) is 11.8 Å². The van der Waals surface area contributed by atoms with Crippen LogP contribution in [0, 0.1) is 18.6 Å². The molecule has 0 fully saturated rings. The van der Waals surface area contributed by atoms with E-state index in [-0.39, 0.29) is 5.82 Å². The first kappa shape index (κ1) is 20.6. The number of nitrogens with one attached hydrogen (secondary N) is 1. The van der Waals surface area contributed by atoms with Crippen LogP contribution in [0.2, 0.25) is 0 Å². The van der Waals surface area contributed by atoms with E-state index in [1.807, 2.05) is 32.0 Å². The van der Waals surface area contributed by atoms with Crippen molar-refractivity contribution >= 4 is 11.7 Å². The highest BCUT2D eigenvalue weighted by molar-refractivity contribution is 6.04. The van der Waals surface area contributed by atoms with Crippen LogP contribution >= 0.6 is 0 Å². The van der Waals surface area contributed by atoms with E-state index in [4.69, 9.17) is 9.78 Å². The van der Waals surface area contributed by atoms with E-state index in [9.17, 15) is 13.6 Å². The highest BCUT2D eigenvalue weighted by atomic mass is 19.1. The molecule has 1 amide bonds. The minimum absolute atomic E-state index is 0.190. The summed E-state index contributed by atoms with van der Waals surface area (Å²) in [6, 6.07) is 12.5. The normalized spacial score (nSPS) is 10.8. The summed E-state index contributed by atoms with van der Waals surface area (Å²) in [5, 5.41) is 2.41. The molecule has 1 heterocycles. The molecular formula is C22H20F2N2O3. The molecule has 0 aliphatic rings. The minimum Gasteiger partial charge on any atom is -0.306 e. The number of hydrogen-bond donors (Lipinski definition) is 1. The van der Waals surface area contributed by atoms with Crippen LogP contribution in [-0.2, 0) is 16.4 Å². The Morgan fingerprint density at radius 3 is 2.48 bits per heavy atom. The van der Waals surface area contributed by atoms with Crippen molar-refractivity contribution in [2.75, 3.05) is 11.9 Å². The highest BCUT2D eigenvalue weighted by Crippen LogP contribution is 2.25. The Balaban J connectivity index is 1.77. The molecule has 0 saturated heterocycles. The van der Waals surface area contributed by atoms with Crippen molar-refractivity contribution in [3.8, 4) is 11.1 Å². The second-order valence-corrected chi connectivity index (χ2v) is 6.30. The van der Waals surface area contributed by atoms with Crippen molar-refractivity contribution in [3.63, 3.8) is 0 Å². The first-order chi connectivity index (χ1) is 14.0. The predicted molar refractivity (Wildman–Crippen MR) is 105 cm³/mol. The van der Waals surface area contributed by atoms with Gasteiger partial charge in [0.25, 0.3) is 5.91 Å². The monoisotopic (exact) mass is 398 g/mol. The van der Waals surface area contributed by atoms with E-state index in [2.05, 4.69) is 10.3 Å². The number of halogens is 2. The zero-order valence-electron chi connectivity index (χ0n) is 16.0. The van der Waals surface area contributed by atoms with Gasteiger partial charge in [-0.1, -0.05) is 18.2 Å². The first-order valence-electron chi connectivity index (χ1n) is 9.05. The Kier molecular flexibility index (Phi) is 6.64. The number of anilines is 1. The van der Waals surface area contributed by atoms with Gasteiger partial charge in [0.05, 0.1) is 6.61 Å². The molecule has 0 unspecified atom stereocenters. The molecule has 1 aromatic heterocycles. The maximum absolute atomic E-state index is 13.7. The summed E-state index contributed by atoms with van der Waals surface area (Å²) in [6.45, 7) is 4.59. The lowest BCUT2D eigenvalue weighted by Crippen LogP contribution is -2.16. The summed E-state index contributed by atoms with van der Waals surface area (Å²) in [5.74, 6) is -2.57. The zero-order valence-corrected chi connectivity index (χ0v) is 16.0. The van der Waals surface area contributed by atoms with E-state index in [1.54, 1.807) is 18.3 Å². The maximum atomic E-state index is 13.7. The Hall–Kier alpha value is -3.16. The van der Waals surface area contributed by atoms with Gasteiger partial charge in [-0.15, -0.1) is 0 Å². The van der Waals surface area contributed by atoms with Gasteiger partial charge in [-0.3, -0.25) is 4.79 Å². The number of aryl methyl sites for hydroxylation is 1. The Labute approximate surface area is 167 Å². The molecule has 29 heavy (non-hydrogen) atoms. The van der Waals surface area contributed by atoms with Crippen molar-refractivity contribution in [2.45, 2.75) is 20.5 Å². The molecule has 0 aliphatic heterocycles. The van der Waals surface area contributed by atoms with Crippen LogP contribution in [0.25, 0.3) is 11.1 Å². The second-order valence-electron chi connectivity index (χ2n) is 6.30. The van der Waals surface area contributed by atoms with Gasteiger partial charge in [0.2, 0.25) is 0 Å². The number of benzene rings is 2. The van der Waals surface area contributed by atoms with E-state index < -0.39 is 23.1 Å². The molecule has 0 bridgehead atoms. The number of amides is 1. The smallest absolute Gasteiger partial charge is 0.262 e. The highest BCUT2D eigenvalue weighted by Gasteiger charge is 2.17. The van der Waals surface area contributed by atoms with Gasteiger partial charge >= 0.3 is 0 Å². The molecule has 150 valence electrons. The van der Waals surface area contributed by atoms with E-state index >= 15 is 0 Å². The summed E-state index contributed by atoms with van der Waals surface area (Å²) >= 11 is 0. The minimum atomic E-state index is -0.930. The van der Waals surface area contributed by atoms with Crippen molar-refractivity contribution in [3.05, 3.63) is 83.1 Å². The number of nitrogens with zero attached hydrogens (tertiary/aromatic N) is 1. The Bertz CT molecular complexity index is 987. The molecule has 0 radical (unpaired) electrons. The second kappa shape index (κ2) is 9.36. The van der Waals surface area contributed by atoms with Gasteiger partial charge in [0.1, 0.15) is 29.6 Å². The van der Waals surface area contributed by atoms with Gasteiger partial charge in [-0.2, -0.15) is 0 Å². The maximum Gasteiger partial charge on any atom is 0.262 e. The Morgan fingerprint density at radius 2 is 1.83 bits per heavy atom. The number of pyridine rings is 1. The van der Waals surface area contributed by atoms with Gasteiger partial charge in [-0.05, 0) is 60.9 Å². The summed E-state index contributed by atoms with van der Waals surface area (Å²) in [4.78, 5) is 26.4. The molecule has 2 aromatic carbocycles. The molecule has 0 saturated carbocycles.